The summed E-state index contributed by atoms with van der Waals surface area (Å²) in [5.74, 6) is 1.32. The molecular weight excluding hydrogens is 424 g/mol. The van der Waals surface area contributed by atoms with E-state index in [-0.39, 0.29) is 23.7 Å². The van der Waals surface area contributed by atoms with Gasteiger partial charge in [-0.25, -0.2) is 0 Å². The SMILES string of the molecule is CC(C)CCC[C@H](C)[C@@H]1CC[C@]2(C)[C@@H]3CC[C@H](C(C)(C)C(=O)O)[C@](C)(CC(=O)O)[C@H]3CC[C@]12C. The molecule has 3 aliphatic carbocycles. The lowest BCUT2D eigenvalue weighted by Gasteiger charge is -2.65. The van der Waals surface area contributed by atoms with Crippen LogP contribution in [-0.2, 0) is 9.59 Å². The predicted octanol–water partition coefficient (Wildman–Crippen LogP) is 7.90. The second kappa shape index (κ2) is 9.43. The van der Waals surface area contributed by atoms with Crippen molar-refractivity contribution in [1.29, 1.82) is 0 Å². The van der Waals surface area contributed by atoms with Gasteiger partial charge in [0.2, 0.25) is 0 Å². The van der Waals surface area contributed by atoms with Crippen LogP contribution in [0.25, 0.3) is 0 Å². The first-order valence-corrected chi connectivity index (χ1v) is 14.1. The Bertz CT molecular complexity index is 772. The molecule has 4 heteroatoms. The Balaban J connectivity index is 1.91. The van der Waals surface area contributed by atoms with Gasteiger partial charge in [-0.1, -0.05) is 60.8 Å². The Morgan fingerprint density at radius 2 is 1.50 bits per heavy atom. The van der Waals surface area contributed by atoms with E-state index in [0.29, 0.717) is 11.3 Å². The van der Waals surface area contributed by atoms with Crippen LogP contribution in [0.1, 0.15) is 120 Å². The van der Waals surface area contributed by atoms with E-state index in [1.807, 2.05) is 13.8 Å². The lowest BCUT2D eigenvalue weighted by Crippen LogP contribution is -2.59. The Kier molecular flexibility index (Phi) is 7.64. The van der Waals surface area contributed by atoms with Crippen molar-refractivity contribution >= 4 is 11.9 Å². The largest absolute Gasteiger partial charge is 0.481 e. The number of carbonyl (C=O) groups is 2. The van der Waals surface area contributed by atoms with Crippen LogP contribution in [0.5, 0.6) is 0 Å². The maximum atomic E-state index is 12.2. The van der Waals surface area contributed by atoms with E-state index in [4.69, 9.17) is 0 Å². The number of rotatable bonds is 9. The van der Waals surface area contributed by atoms with Gasteiger partial charge in [-0.05, 0) is 104 Å². The topological polar surface area (TPSA) is 74.6 Å². The molecule has 0 unspecified atom stereocenters. The molecule has 0 bridgehead atoms. The molecule has 0 aromatic rings. The van der Waals surface area contributed by atoms with Gasteiger partial charge in [-0.2, -0.15) is 0 Å². The van der Waals surface area contributed by atoms with Crippen LogP contribution in [-0.4, -0.2) is 22.2 Å². The number of hydrogen-bond donors (Lipinski definition) is 2. The minimum atomic E-state index is -0.917. The van der Waals surface area contributed by atoms with Crippen LogP contribution < -0.4 is 0 Å². The normalized spacial score (nSPS) is 41.1. The monoisotopic (exact) mass is 476 g/mol. The molecule has 0 saturated heterocycles. The number of hydrogen-bond acceptors (Lipinski definition) is 2. The zero-order chi connectivity index (χ0) is 25.7. The summed E-state index contributed by atoms with van der Waals surface area (Å²) in [6, 6.07) is 0. The second-order valence-corrected chi connectivity index (χ2v) is 14.3. The lowest BCUT2D eigenvalue weighted by atomic mass is 9.39. The Morgan fingerprint density at radius 3 is 2.06 bits per heavy atom. The van der Waals surface area contributed by atoms with Gasteiger partial charge in [-0.15, -0.1) is 0 Å². The van der Waals surface area contributed by atoms with Crippen LogP contribution in [0.4, 0.5) is 0 Å². The van der Waals surface area contributed by atoms with Crippen molar-refractivity contribution in [2.24, 2.45) is 57.2 Å². The Hall–Kier alpha value is -1.06. The zero-order valence-corrected chi connectivity index (χ0v) is 23.2. The molecule has 8 atom stereocenters. The summed E-state index contributed by atoms with van der Waals surface area (Å²) >= 11 is 0. The van der Waals surface area contributed by atoms with Gasteiger partial charge in [0.1, 0.15) is 0 Å². The van der Waals surface area contributed by atoms with E-state index in [0.717, 1.165) is 43.4 Å². The molecule has 0 aliphatic heterocycles. The van der Waals surface area contributed by atoms with Crippen molar-refractivity contribution in [2.75, 3.05) is 0 Å². The van der Waals surface area contributed by atoms with Gasteiger partial charge in [0.05, 0.1) is 11.8 Å². The summed E-state index contributed by atoms with van der Waals surface area (Å²) in [6.45, 7) is 18.0. The summed E-state index contributed by atoms with van der Waals surface area (Å²) in [7, 11) is 0. The summed E-state index contributed by atoms with van der Waals surface area (Å²) in [5.41, 5.74) is -0.891. The predicted molar refractivity (Wildman–Crippen MR) is 138 cm³/mol. The molecule has 0 amide bonds. The third-order valence-electron chi connectivity index (χ3n) is 11.9. The first-order chi connectivity index (χ1) is 15.6. The number of fused-ring (bicyclic) bond motifs is 3. The van der Waals surface area contributed by atoms with Crippen LogP contribution >= 0.6 is 0 Å². The Labute approximate surface area is 208 Å². The van der Waals surface area contributed by atoms with Gasteiger partial charge in [0.15, 0.2) is 0 Å². The highest BCUT2D eigenvalue weighted by atomic mass is 16.4. The third-order valence-corrected chi connectivity index (χ3v) is 11.9. The van der Waals surface area contributed by atoms with Crippen molar-refractivity contribution in [3.8, 4) is 0 Å². The van der Waals surface area contributed by atoms with Gasteiger partial charge < -0.3 is 10.2 Å². The zero-order valence-electron chi connectivity index (χ0n) is 23.2. The summed E-state index contributed by atoms with van der Waals surface area (Å²) in [5, 5.41) is 20.0. The van der Waals surface area contributed by atoms with Crippen molar-refractivity contribution in [3.05, 3.63) is 0 Å². The molecule has 4 nitrogen and oxygen atoms in total. The van der Waals surface area contributed by atoms with E-state index in [1.165, 1.54) is 32.1 Å². The molecule has 196 valence electrons. The minimum absolute atomic E-state index is 0.0807. The molecular formula is C30H52O4. The standard InChI is InChI=1S/C30H52O4/c1-19(2)10-9-11-20(3)21-14-16-30(8)23-12-13-24(27(4,5)26(33)34)28(6,18-25(31)32)22(23)15-17-29(21,30)7/h19-24H,9-18H2,1-8H3,(H,31,32)(H,33,34)/t20-,21-,22-,23+,24+,28+,29+,30+/m0/s1. The van der Waals surface area contributed by atoms with E-state index < -0.39 is 22.8 Å². The first kappa shape index (κ1) is 27.5. The van der Waals surface area contributed by atoms with Crippen LogP contribution in [0.2, 0.25) is 0 Å². The maximum Gasteiger partial charge on any atom is 0.309 e. The van der Waals surface area contributed by atoms with Crippen LogP contribution in [0, 0.1) is 57.2 Å². The van der Waals surface area contributed by atoms with E-state index in [9.17, 15) is 19.8 Å². The van der Waals surface area contributed by atoms with Crippen LogP contribution in [0.15, 0.2) is 0 Å². The van der Waals surface area contributed by atoms with Crippen molar-refractivity contribution in [1.82, 2.24) is 0 Å². The fourth-order valence-corrected chi connectivity index (χ4v) is 9.78. The van der Waals surface area contributed by atoms with Gasteiger partial charge in [0.25, 0.3) is 0 Å². The minimum Gasteiger partial charge on any atom is -0.481 e. The highest BCUT2D eigenvalue weighted by Crippen LogP contribution is 2.73. The van der Waals surface area contributed by atoms with Gasteiger partial charge >= 0.3 is 11.9 Å². The summed E-state index contributed by atoms with van der Waals surface area (Å²) < 4.78 is 0. The van der Waals surface area contributed by atoms with Crippen molar-refractivity contribution in [3.63, 3.8) is 0 Å². The molecule has 3 saturated carbocycles. The Morgan fingerprint density at radius 1 is 0.882 bits per heavy atom. The fraction of sp³-hybridized carbons (Fsp3) is 0.933. The lowest BCUT2D eigenvalue weighted by molar-refractivity contribution is -0.186. The highest BCUT2D eigenvalue weighted by molar-refractivity contribution is 5.75. The summed E-state index contributed by atoms with van der Waals surface area (Å²) in [6.07, 6.45) is 10.6. The van der Waals surface area contributed by atoms with Gasteiger partial charge in [-0.3, -0.25) is 9.59 Å². The number of carboxylic acids is 2. The van der Waals surface area contributed by atoms with Crippen molar-refractivity contribution < 1.29 is 19.8 Å². The molecule has 0 spiro atoms. The quantitative estimate of drug-likeness (QED) is 0.355. The van der Waals surface area contributed by atoms with E-state index >= 15 is 0 Å². The van der Waals surface area contributed by atoms with E-state index in [1.54, 1.807) is 0 Å². The van der Waals surface area contributed by atoms with Crippen LogP contribution in [0.3, 0.4) is 0 Å². The number of aliphatic carboxylic acids is 2. The molecule has 0 aromatic heterocycles. The average Bonchev–Trinajstić information content (AvgIpc) is 2.98. The highest BCUT2D eigenvalue weighted by Gasteiger charge is 2.67. The third kappa shape index (κ3) is 4.34. The molecule has 34 heavy (non-hydrogen) atoms. The van der Waals surface area contributed by atoms with Gasteiger partial charge in [0, 0.05) is 0 Å². The molecule has 3 aliphatic rings. The molecule has 0 aromatic carbocycles. The fourth-order valence-electron chi connectivity index (χ4n) is 9.78. The second-order valence-electron chi connectivity index (χ2n) is 14.3. The number of carboxylic acid groups (broad SMARTS) is 2. The smallest absolute Gasteiger partial charge is 0.309 e. The summed E-state index contributed by atoms with van der Waals surface area (Å²) in [4.78, 5) is 24.4. The van der Waals surface area contributed by atoms with E-state index in [2.05, 4.69) is 41.5 Å². The molecule has 2 N–H and O–H groups in total. The average molecular weight is 477 g/mol. The molecule has 3 fully saturated rings. The first-order valence-electron chi connectivity index (χ1n) is 14.1. The van der Waals surface area contributed by atoms with Crippen molar-refractivity contribution in [2.45, 2.75) is 120 Å². The molecule has 0 radical (unpaired) electrons. The maximum absolute atomic E-state index is 12.2. The molecule has 0 heterocycles. The molecule has 3 rings (SSSR count).